The fourth-order valence-corrected chi connectivity index (χ4v) is 3.36. The monoisotopic (exact) mass is 360 g/mol. The molecule has 4 heteroatoms. The van der Waals surface area contributed by atoms with Crippen molar-refractivity contribution >= 4 is 11.0 Å². The molecule has 136 valence electrons. The van der Waals surface area contributed by atoms with Crippen LogP contribution in [0.25, 0.3) is 22.4 Å². The number of hydrogen-bond acceptors (Lipinski definition) is 2. The van der Waals surface area contributed by atoms with Crippen LogP contribution in [-0.2, 0) is 13.0 Å². The highest BCUT2D eigenvalue weighted by atomic mass is 19.1. The van der Waals surface area contributed by atoms with E-state index in [1.54, 1.807) is 19.2 Å². The highest BCUT2D eigenvalue weighted by Gasteiger charge is 2.13. The summed E-state index contributed by atoms with van der Waals surface area (Å²) in [5.74, 6) is 1.41. The van der Waals surface area contributed by atoms with Gasteiger partial charge in [0.05, 0.1) is 18.1 Å². The molecule has 0 unspecified atom stereocenters. The summed E-state index contributed by atoms with van der Waals surface area (Å²) in [6.45, 7) is 0.825. The Balaban J connectivity index is 1.70. The lowest BCUT2D eigenvalue weighted by molar-refractivity contribution is 0.415. The van der Waals surface area contributed by atoms with E-state index in [9.17, 15) is 4.39 Å². The molecule has 0 fully saturated rings. The third-order valence-corrected chi connectivity index (χ3v) is 4.75. The molecule has 0 aliphatic carbocycles. The van der Waals surface area contributed by atoms with Gasteiger partial charge in [0.15, 0.2) is 0 Å². The number of halogens is 1. The van der Waals surface area contributed by atoms with Gasteiger partial charge >= 0.3 is 0 Å². The molecule has 0 radical (unpaired) electrons. The molecule has 3 nitrogen and oxygen atoms in total. The maximum absolute atomic E-state index is 13.4. The van der Waals surface area contributed by atoms with Crippen LogP contribution >= 0.6 is 0 Å². The topological polar surface area (TPSA) is 27.1 Å². The zero-order valence-corrected chi connectivity index (χ0v) is 15.2. The van der Waals surface area contributed by atoms with E-state index in [2.05, 4.69) is 28.8 Å². The smallest absolute Gasteiger partial charge is 0.141 e. The third-order valence-electron chi connectivity index (χ3n) is 4.75. The Morgan fingerprint density at radius 2 is 1.74 bits per heavy atom. The van der Waals surface area contributed by atoms with Gasteiger partial charge in [-0.3, -0.25) is 0 Å². The van der Waals surface area contributed by atoms with Gasteiger partial charge in [-0.25, -0.2) is 9.37 Å². The van der Waals surface area contributed by atoms with Crippen LogP contribution in [0.3, 0.4) is 0 Å². The summed E-state index contributed by atoms with van der Waals surface area (Å²) in [6, 6.07) is 22.9. The van der Waals surface area contributed by atoms with Crippen molar-refractivity contribution in [3.63, 3.8) is 0 Å². The van der Waals surface area contributed by atoms with Crippen molar-refractivity contribution in [1.82, 2.24) is 9.55 Å². The fraction of sp³-hybridized carbons (Fsp3) is 0.174. The molecule has 1 heterocycles. The van der Waals surface area contributed by atoms with E-state index in [0.29, 0.717) is 0 Å². The minimum absolute atomic E-state index is 0.243. The summed E-state index contributed by atoms with van der Waals surface area (Å²) in [7, 11) is 1.66. The van der Waals surface area contributed by atoms with Gasteiger partial charge in [-0.15, -0.1) is 0 Å². The fourth-order valence-electron chi connectivity index (χ4n) is 3.36. The Morgan fingerprint density at radius 3 is 2.48 bits per heavy atom. The van der Waals surface area contributed by atoms with Crippen molar-refractivity contribution in [1.29, 1.82) is 0 Å². The van der Waals surface area contributed by atoms with E-state index in [1.165, 1.54) is 17.7 Å². The summed E-state index contributed by atoms with van der Waals surface area (Å²) in [5.41, 5.74) is 4.17. The highest BCUT2D eigenvalue weighted by Crippen LogP contribution is 2.28. The summed E-state index contributed by atoms with van der Waals surface area (Å²) in [5, 5.41) is 0. The third kappa shape index (κ3) is 3.70. The van der Waals surface area contributed by atoms with Crippen LogP contribution in [-0.4, -0.2) is 16.7 Å². The lowest BCUT2D eigenvalue weighted by Gasteiger charge is -2.10. The second-order valence-electron chi connectivity index (χ2n) is 6.54. The molecule has 0 N–H and O–H groups in total. The van der Waals surface area contributed by atoms with E-state index < -0.39 is 0 Å². The van der Waals surface area contributed by atoms with Crippen molar-refractivity contribution in [3.8, 4) is 17.1 Å². The van der Waals surface area contributed by atoms with Gasteiger partial charge in [0.2, 0.25) is 0 Å². The lowest BCUT2D eigenvalue weighted by atomic mass is 10.1. The number of fused-ring (bicyclic) bond motifs is 1. The van der Waals surface area contributed by atoms with Gasteiger partial charge in [-0.1, -0.05) is 30.3 Å². The first-order valence-corrected chi connectivity index (χ1v) is 9.09. The Labute approximate surface area is 158 Å². The van der Waals surface area contributed by atoms with Crippen LogP contribution in [0.4, 0.5) is 4.39 Å². The molecule has 27 heavy (non-hydrogen) atoms. The normalized spacial score (nSPS) is 11.0. The van der Waals surface area contributed by atoms with Gasteiger partial charge in [0.25, 0.3) is 0 Å². The van der Waals surface area contributed by atoms with Gasteiger partial charge in [-0.2, -0.15) is 0 Å². The molecule has 3 aromatic carbocycles. The zero-order valence-electron chi connectivity index (χ0n) is 15.2. The summed E-state index contributed by atoms with van der Waals surface area (Å²) < 4.78 is 20.9. The quantitative estimate of drug-likeness (QED) is 0.455. The largest absolute Gasteiger partial charge is 0.497 e. The molecule has 4 aromatic rings. The van der Waals surface area contributed by atoms with E-state index in [0.717, 1.165) is 47.6 Å². The maximum Gasteiger partial charge on any atom is 0.141 e. The van der Waals surface area contributed by atoms with Crippen LogP contribution < -0.4 is 4.74 Å². The maximum atomic E-state index is 13.4. The van der Waals surface area contributed by atoms with E-state index in [1.807, 2.05) is 24.3 Å². The highest BCUT2D eigenvalue weighted by molar-refractivity contribution is 5.82. The van der Waals surface area contributed by atoms with Crippen molar-refractivity contribution in [3.05, 3.63) is 84.2 Å². The number of hydrogen-bond donors (Lipinski definition) is 0. The molecule has 0 saturated heterocycles. The molecular formula is C23H21FN2O. The average molecular weight is 360 g/mol. The Bertz CT molecular complexity index is 1040. The van der Waals surface area contributed by atoms with Crippen molar-refractivity contribution in [2.75, 3.05) is 7.11 Å². The number of imidazole rings is 1. The first-order chi connectivity index (χ1) is 13.2. The number of methoxy groups -OCH3 is 1. The Morgan fingerprint density at radius 1 is 0.963 bits per heavy atom. The summed E-state index contributed by atoms with van der Waals surface area (Å²) >= 11 is 0. The SMILES string of the molecule is COc1ccc2nc(-c3ccc(F)cc3)n(CCCc3ccccc3)c2c1. The molecule has 0 bridgehead atoms. The van der Waals surface area contributed by atoms with Gasteiger partial charge in [0, 0.05) is 18.2 Å². The molecule has 0 amide bonds. The lowest BCUT2D eigenvalue weighted by Crippen LogP contribution is -2.02. The summed E-state index contributed by atoms with van der Waals surface area (Å²) in [6.07, 6.45) is 1.98. The Kier molecular flexibility index (Phi) is 4.88. The predicted molar refractivity (Wildman–Crippen MR) is 106 cm³/mol. The number of rotatable bonds is 6. The van der Waals surface area contributed by atoms with Crippen molar-refractivity contribution in [2.45, 2.75) is 19.4 Å². The molecule has 0 saturated carbocycles. The first-order valence-electron chi connectivity index (χ1n) is 9.09. The molecular weight excluding hydrogens is 339 g/mol. The second kappa shape index (κ2) is 7.62. The van der Waals surface area contributed by atoms with E-state index in [4.69, 9.17) is 9.72 Å². The van der Waals surface area contributed by atoms with Crippen LogP contribution in [0.5, 0.6) is 5.75 Å². The van der Waals surface area contributed by atoms with Gasteiger partial charge in [0.1, 0.15) is 17.4 Å². The number of aryl methyl sites for hydroxylation is 2. The average Bonchev–Trinajstić information content (AvgIpc) is 3.07. The minimum atomic E-state index is -0.243. The van der Waals surface area contributed by atoms with Crippen LogP contribution in [0.1, 0.15) is 12.0 Å². The van der Waals surface area contributed by atoms with Gasteiger partial charge in [-0.05, 0) is 54.8 Å². The van der Waals surface area contributed by atoms with Crippen LogP contribution in [0.2, 0.25) is 0 Å². The summed E-state index contributed by atoms with van der Waals surface area (Å²) in [4.78, 5) is 4.80. The molecule has 1 aromatic heterocycles. The first kappa shape index (κ1) is 17.3. The molecule has 0 aliphatic rings. The zero-order chi connectivity index (χ0) is 18.6. The van der Waals surface area contributed by atoms with E-state index >= 15 is 0 Å². The van der Waals surface area contributed by atoms with Crippen LogP contribution in [0, 0.1) is 5.82 Å². The molecule has 0 aliphatic heterocycles. The Hall–Kier alpha value is -3.14. The van der Waals surface area contributed by atoms with Crippen LogP contribution in [0.15, 0.2) is 72.8 Å². The number of aromatic nitrogens is 2. The molecule has 0 atom stereocenters. The van der Waals surface area contributed by atoms with Crippen molar-refractivity contribution in [2.24, 2.45) is 0 Å². The van der Waals surface area contributed by atoms with Crippen molar-refractivity contribution < 1.29 is 9.13 Å². The molecule has 4 rings (SSSR count). The number of nitrogens with zero attached hydrogens (tertiary/aromatic N) is 2. The molecule has 0 spiro atoms. The van der Waals surface area contributed by atoms with E-state index in [-0.39, 0.29) is 5.82 Å². The van der Waals surface area contributed by atoms with Gasteiger partial charge < -0.3 is 9.30 Å². The second-order valence-corrected chi connectivity index (χ2v) is 6.54. The minimum Gasteiger partial charge on any atom is -0.497 e. The number of benzene rings is 3. The predicted octanol–water partition coefficient (Wildman–Crippen LogP) is 5.48. The number of ether oxygens (including phenoxy) is 1. The standard InChI is InChI=1S/C23H21FN2O/c1-27-20-13-14-21-22(16-20)26(15-5-8-17-6-3-2-4-7-17)23(25-21)18-9-11-19(24)12-10-18/h2-4,6-7,9-14,16H,5,8,15H2,1H3.